The summed E-state index contributed by atoms with van der Waals surface area (Å²) >= 11 is 0. The standard InChI is InChI=1S/C14H19NO5/c1-3-10-9(13(17)18)7-11(20-10)12(16)15-8-14(2)5-4-6-19-14/h7H,3-6,8H2,1-2H3,(H,15,16)(H,17,18). The third-order valence-electron chi connectivity index (χ3n) is 3.51. The van der Waals surface area contributed by atoms with Gasteiger partial charge in [-0.1, -0.05) is 6.92 Å². The largest absolute Gasteiger partial charge is 0.478 e. The van der Waals surface area contributed by atoms with E-state index in [1.807, 2.05) is 6.92 Å². The van der Waals surface area contributed by atoms with Gasteiger partial charge in [-0.05, 0) is 19.8 Å². The van der Waals surface area contributed by atoms with Crippen molar-refractivity contribution >= 4 is 11.9 Å². The quantitative estimate of drug-likeness (QED) is 0.859. The number of furan rings is 1. The third-order valence-corrected chi connectivity index (χ3v) is 3.51. The molecule has 1 fully saturated rings. The van der Waals surface area contributed by atoms with Gasteiger partial charge in [0.2, 0.25) is 0 Å². The number of carboxylic acids is 1. The molecule has 1 aliphatic rings. The van der Waals surface area contributed by atoms with Crippen molar-refractivity contribution in [3.05, 3.63) is 23.2 Å². The Morgan fingerprint density at radius 2 is 2.25 bits per heavy atom. The fraction of sp³-hybridized carbons (Fsp3) is 0.571. The van der Waals surface area contributed by atoms with E-state index in [2.05, 4.69) is 5.32 Å². The molecule has 0 radical (unpaired) electrons. The van der Waals surface area contributed by atoms with Crippen LogP contribution >= 0.6 is 0 Å². The summed E-state index contributed by atoms with van der Waals surface area (Å²) in [7, 11) is 0. The van der Waals surface area contributed by atoms with Crippen molar-refractivity contribution in [2.24, 2.45) is 0 Å². The zero-order valence-electron chi connectivity index (χ0n) is 11.7. The molecule has 6 heteroatoms. The first-order valence-electron chi connectivity index (χ1n) is 6.73. The second kappa shape index (κ2) is 5.66. The second-order valence-corrected chi connectivity index (χ2v) is 5.19. The van der Waals surface area contributed by atoms with E-state index < -0.39 is 11.9 Å². The summed E-state index contributed by atoms with van der Waals surface area (Å²) in [5.41, 5.74) is -0.299. The molecule has 1 saturated heterocycles. The van der Waals surface area contributed by atoms with Crippen molar-refractivity contribution in [3.63, 3.8) is 0 Å². The molecule has 1 amide bonds. The van der Waals surface area contributed by atoms with E-state index >= 15 is 0 Å². The average molecular weight is 281 g/mol. The molecule has 2 N–H and O–H groups in total. The van der Waals surface area contributed by atoms with Crippen molar-refractivity contribution in [1.82, 2.24) is 5.32 Å². The molecule has 1 aromatic rings. The van der Waals surface area contributed by atoms with Crippen molar-refractivity contribution in [1.29, 1.82) is 0 Å². The minimum absolute atomic E-state index is 0.0286. The van der Waals surface area contributed by atoms with E-state index in [4.69, 9.17) is 14.3 Å². The van der Waals surface area contributed by atoms with Gasteiger partial charge in [-0.2, -0.15) is 0 Å². The highest BCUT2D eigenvalue weighted by Gasteiger charge is 2.30. The fourth-order valence-electron chi connectivity index (χ4n) is 2.31. The average Bonchev–Trinajstić information content (AvgIpc) is 3.02. The molecule has 1 aliphatic heterocycles. The van der Waals surface area contributed by atoms with Gasteiger partial charge >= 0.3 is 5.97 Å². The van der Waals surface area contributed by atoms with Gasteiger partial charge in [0.15, 0.2) is 5.76 Å². The number of carbonyl (C=O) groups is 2. The molecular formula is C14H19NO5. The molecule has 1 aromatic heterocycles. The maximum absolute atomic E-state index is 12.0. The first-order valence-corrected chi connectivity index (χ1v) is 6.73. The van der Waals surface area contributed by atoms with E-state index in [0.717, 1.165) is 12.8 Å². The predicted octanol–water partition coefficient (Wildman–Crippen LogP) is 1.84. The SMILES string of the molecule is CCc1oc(C(=O)NCC2(C)CCCO2)cc1C(=O)O. The highest BCUT2D eigenvalue weighted by molar-refractivity contribution is 5.96. The monoisotopic (exact) mass is 281 g/mol. The summed E-state index contributed by atoms with van der Waals surface area (Å²) in [5, 5.41) is 11.8. The molecule has 0 saturated carbocycles. The first kappa shape index (κ1) is 14.6. The Labute approximate surface area is 117 Å². The smallest absolute Gasteiger partial charge is 0.339 e. The predicted molar refractivity (Wildman–Crippen MR) is 71.0 cm³/mol. The van der Waals surface area contributed by atoms with Crippen LogP contribution in [0.5, 0.6) is 0 Å². The zero-order chi connectivity index (χ0) is 14.8. The second-order valence-electron chi connectivity index (χ2n) is 5.19. The molecule has 0 aliphatic carbocycles. The van der Waals surface area contributed by atoms with E-state index in [-0.39, 0.29) is 16.9 Å². The summed E-state index contributed by atoms with van der Waals surface area (Å²) in [6.07, 6.45) is 2.30. The van der Waals surface area contributed by atoms with Gasteiger partial charge < -0.3 is 19.6 Å². The lowest BCUT2D eigenvalue weighted by Gasteiger charge is -2.22. The topological polar surface area (TPSA) is 88.8 Å². The Morgan fingerprint density at radius 1 is 1.50 bits per heavy atom. The van der Waals surface area contributed by atoms with Gasteiger partial charge in [0.1, 0.15) is 11.3 Å². The maximum Gasteiger partial charge on any atom is 0.339 e. The number of carbonyl (C=O) groups excluding carboxylic acids is 1. The minimum atomic E-state index is -1.09. The van der Waals surface area contributed by atoms with Crippen LogP contribution in [0.1, 0.15) is 53.4 Å². The van der Waals surface area contributed by atoms with Crippen LogP contribution in [0.25, 0.3) is 0 Å². The van der Waals surface area contributed by atoms with Gasteiger partial charge in [0, 0.05) is 25.6 Å². The van der Waals surface area contributed by atoms with Gasteiger partial charge in [-0.3, -0.25) is 4.79 Å². The molecule has 0 aromatic carbocycles. The number of carboxylic acid groups (broad SMARTS) is 1. The zero-order valence-corrected chi connectivity index (χ0v) is 11.7. The molecule has 0 spiro atoms. The Bertz CT molecular complexity index is 514. The number of nitrogens with one attached hydrogen (secondary N) is 1. The normalized spacial score (nSPS) is 21.9. The summed E-state index contributed by atoms with van der Waals surface area (Å²) < 4.78 is 10.9. The maximum atomic E-state index is 12.0. The third kappa shape index (κ3) is 3.01. The molecule has 20 heavy (non-hydrogen) atoms. The summed E-state index contributed by atoms with van der Waals surface area (Å²) in [5.74, 6) is -1.16. The molecule has 6 nitrogen and oxygen atoms in total. The van der Waals surface area contributed by atoms with Crippen molar-refractivity contribution < 1.29 is 23.8 Å². The van der Waals surface area contributed by atoms with Crippen molar-refractivity contribution in [3.8, 4) is 0 Å². The molecular weight excluding hydrogens is 262 g/mol. The number of ether oxygens (including phenoxy) is 1. The molecule has 2 rings (SSSR count). The molecule has 1 atom stereocenters. The molecule has 110 valence electrons. The summed E-state index contributed by atoms with van der Waals surface area (Å²) in [4.78, 5) is 23.0. The van der Waals surface area contributed by atoms with E-state index in [1.54, 1.807) is 6.92 Å². The van der Waals surface area contributed by atoms with Crippen LogP contribution < -0.4 is 5.32 Å². The van der Waals surface area contributed by atoms with Crippen LogP contribution in [0, 0.1) is 0 Å². The Balaban J connectivity index is 2.04. The van der Waals surface area contributed by atoms with Crippen LogP contribution in [0.4, 0.5) is 0 Å². The summed E-state index contributed by atoms with van der Waals surface area (Å²) in [6, 6.07) is 1.27. The number of aryl methyl sites for hydroxylation is 1. The highest BCUT2D eigenvalue weighted by Crippen LogP contribution is 2.24. The number of amides is 1. The lowest BCUT2D eigenvalue weighted by molar-refractivity contribution is 0.0203. The van der Waals surface area contributed by atoms with Gasteiger partial charge in [0.05, 0.1) is 5.60 Å². The first-order chi connectivity index (χ1) is 9.45. The minimum Gasteiger partial charge on any atom is -0.478 e. The van der Waals surface area contributed by atoms with E-state index in [1.165, 1.54) is 6.07 Å². The molecule has 2 heterocycles. The summed E-state index contributed by atoms with van der Waals surface area (Å²) in [6.45, 7) is 4.82. The lowest BCUT2D eigenvalue weighted by Crippen LogP contribution is -2.40. The fourth-order valence-corrected chi connectivity index (χ4v) is 2.31. The molecule has 0 bridgehead atoms. The Kier molecular flexibility index (Phi) is 4.13. The van der Waals surface area contributed by atoms with Crippen molar-refractivity contribution in [2.75, 3.05) is 13.2 Å². The molecule has 1 unspecified atom stereocenters. The van der Waals surface area contributed by atoms with E-state index in [9.17, 15) is 9.59 Å². The van der Waals surface area contributed by atoms with Crippen LogP contribution in [-0.2, 0) is 11.2 Å². The van der Waals surface area contributed by atoms with Gasteiger partial charge in [-0.25, -0.2) is 4.79 Å². The van der Waals surface area contributed by atoms with E-state index in [0.29, 0.717) is 25.3 Å². The van der Waals surface area contributed by atoms with Gasteiger partial charge in [-0.15, -0.1) is 0 Å². The van der Waals surface area contributed by atoms with Crippen LogP contribution in [0.3, 0.4) is 0 Å². The van der Waals surface area contributed by atoms with Gasteiger partial charge in [0.25, 0.3) is 5.91 Å². The number of rotatable bonds is 5. The number of aromatic carboxylic acids is 1. The van der Waals surface area contributed by atoms with Crippen LogP contribution in [-0.4, -0.2) is 35.7 Å². The highest BCUT2D eigenvalue weighted by atomic mass is 16.5. The number of hydrogen-bond acceptors (Lipinski definition) is 4. The number of hydrogen-bond donors (Lipinski definition) is 2. The van der Waals surface area contributed by atoms with Crippen LogP contribution in [0.2, 0.25) is 0 Å². The Morgan fingerprint density at radius 3 is 2.75 bits per heavy atom. The Hall–Kier alpha value is -1.82. The van der Waals surface area contributed by atoms with Crippen LogP contribution in [0.15, 0.2) is 10.5 Å². The lowest BCUT2D eigenvalue weighted by atomic mass is 10.0. The van der Waals surface area contributed by atoms with Crippen molar-refractivity contribution in [2.45, 2.75) is 38.7 Å².